The highest BCUT2D eigenvalue weighted by Crippen LogP contribution is 1.94. The highest BCUT2D eigenvalue weighted by atomic mass is 16.5. The maximum absolute atomic E-state index is 10.8. The second-order valence-electron chi connectivity index (χ2n) is 2.79. The van der Waals surface area contributed by atoms with E-state index in [-0.39, 0.29) is 0 Å². The molecular formula is C10H13N3O2. The molecule has 80 valence electrons. The second-order valence-corrected chi connectivity index (χ2v) is 2.79. The Labute approximate surface area is 88.2 Å². The first-order valence-electron chi connectivity index (χ1n) is 4.62. The number of carbonyl (C=O) groups excluding carboxylic acids is 1. The van der Waals surface area contributed by atoms with Crippen LogP contribution in [0.15, 0.2) is 23.3 Å². The van der Waals surface area contributed by atoms with E-state index >= 15 is 0 Å². The maximum atomic E-state index is 10.8. The number of aryl methyl sites for hydroxylation is 1. The molecule has 5 nitrogen and oxygen atoms in total. The minimum atomic E-state index is -0.568. The lowest BCUT2D eigenvalue weighted by Crippen LogP contribution is -2.18. The fourth-order valence-corrected chi connectivity index (χ4v) is 0.951. The van der Waals surface area contributed by atoms with E-state index in [0.29, 0.717) is 12.3 Å². The van der Waals surface area contributed by atoms with Gasteiger partial charge >= 0.3 is 6.09 Å². The van der Waals surface area contributed by atoms with Gasteiger partial charge in [-0.3, -0.25) is 4.98 Å². The Morgan fingerprint density at radius 1 is 1.67 bits per heavy atom. The average Bonchev–Trinajstić information content (AvgIpc) is 2.18. The predicted molar refractivity (Wildman–Crippen MR) is 56.7 cm³/mol. The largest absolute Gasteiger partial charge is 0.449 e. The van der Waals surface area contributed by atoms with E-state index in [0.717, 1.165) is 5.69 Å². The molecule has 0 aliphatic carbocycles. The number of hydrogen-bond donors (Lipinski definition) is 1. The van der Waals surface area contributed by atoms with E-state index in [1.54, 1.807) is 13.0 Å². The molecule has 1 rings (SSSR count). The van der Waals surface area contributed by atoms with Crippen molar-refractivity contribution in [2.75, 3.05) is 6.61 Å². The third kappa shape index (κ3) is 4.21. The van der Waals surface area contributed by atoms with Gasteiger partial charge in [0.25, 0.3) is 0 Å². The zero-order valence-electron chi connectivity index (χ0n) is 8.73. The van der Waals surface area contributed by atoms with Gasteiger partial charge in [0.05, 0.1) is 18.5 Å². The molecule has 15 heavy (non-hydrogen) atoms. The van der Waals surface area contributed by atoms with Crippen molar-refractivity contribution in [1.82, 2.24) is 10.4 Å². The summed E-state index contributed by atoms with van der Waals surface area (Å²) in [7, 11) is 0. The van der Waals surface area contributed by atoms with Gasteiger partial charge in [-0.15, -0.1) is 0 Å². The zero-order valence-corrected chi connectivity index (χ0v) is 8.73. The summed E-state index contributed by atoms with van der Waals surface area (Å²) in [5, 5.41) is 3.69. The maximum Gasteiger partial charge on any atom is 0.427 e. The third-order valence-corrected chi connectivity index (χ3v) is 1.54. The number of ether oxygens (including phenoxy) is 1. The number of hydrogen-bond acceptors (Lipinski definition) is 4. The summed E-state index contributed by atoms with van der Waals surface area (Å²) < 4.78 is 4.62. The summed E-state index contributed by atoms with van der Waals surface area (Å²) in [5.41, 5.74) is 3.80. The molecule has 0 radical (unpaired) electrons. The summed E-state index contributed by atoms with van der Waals surface area (Å²) in [6.07, 6.45) is 0.894. The number of aromatic nitrogens is 1. The quantitative estimate of drug-likeness (QED) is 0.603. The van der Waals surface area contributed by atoms with Gasteiger partial charge in [0, 0.05) is 5.69 Å². The van der Waals surface area contributed by atoms with Gasteiger partial charge < -0.3 is 4.74 Å². The number of rotatable bonds is 3. The lowest BCUT2D eigenvalue weighted by atomic mass is 10.3. The number of nitrogens with one attached hydrogen (secondary N) is 1. The highest BCUT2D eigenvalue weighted by Gasteiger charge is 1.95. The molecule has 0 saturated carbocycles. The first kappa shape index (κ1) is 11.2. The lowest BCUT2D eigenvalue weighted by molar-refractivity contribution is 0.152. The number of nitrogens with zero attached hydrogens (tertiary/aromatic N) is 2. The topological polar surface area (TPSA) is 63.6 Å². The van der Waals surface area contributed by atoms with Crippen LogP contribution in [0.2, 0.25) is 0 Å². The van der Waals surface area contributed by atoms with Gasteiger partial charge in [-0.2, -0.15) is 5.10 Å². The molecule has 0 atom stereocenters. The monoisotopic (exact) mass is 207 g/mol. The Kier molecular flexibility index (Phi) is 4.28. The Bertz CT molecular complexity index is 363. The van der Waals surface area contributed by atoms with Crippen molar-refractivity contribution in [3.63, 3.8) is 0 Å². The van der Waals surface area contributed by atoms with Gasteiger partial charge in [0.15, 0.2) is 0 Å². The standard InChI is InChI=1S/C10H13N3O2/c1-3-15-10(14)13-11-7-9-6-4-5-8(2)12-9/h4-7H,3H2,1-2H3,(H,13,14). The van der Waals surface area contributed by atoms with Crippen molar-refractivity contribution >= 4 is 12.3 Å². The molecular weight excluding hydrogens is 194 g/mol. The Morgan fingerprint density at radius 2 is 2.47 bits per heavy atom. The molecule has 0 spiro atoms. The summed E-state index contributed by atoms with van der Waals surface area (Å²) in [6.45, 7) is 3.94. The van der Waals surface area contributed by atoms with Gasteiger partial charge in [-0.05, 0) is 26.0 Å². The van der Waals surface area contributed by atoms with Crippen LogP contribution in [0.25, 0.3) is 0 Å². The van der Waals surface area contributed by atoms with E-state index in [1.807, 2.05) is 19.1 Å². The van der Waals surface area contributed by atoms with E-state index in [2.05, 4.69) is 20.2 Å². The zero-order chi connectivity index (χ0) is 11.1. The van der Waals surface area contributed by atoms with Crippen molar-refractivity contribution < 1.29 is 9.53 Å². The smallest absolute Gasteiger partial charge is 0.427 e. The molecule has 1 amide bonds. The van der Waals surface area contributed by atoms with Crippen LogP contribution in [0.4, 0.5) is 4.79 Å². The Morgan fingerprint density at radius 3 is 3.13 bits per heavy atom. The van der Waals surface area contributed by atoms with E-state index in [9.17, 15) is 4.79 Å². The molecule has 0 bridgehead atoms. The molecule has 0 aliphatic rings. The molecule has 0 aromatic carbocycles. The van der Waals surface area contributed by atoms with Crippen molar-refractivity contribution in [2.24, 2.45) is 5.10 Å². The minimum absolute atomic E-state index is 0.323. The van der Waals surface area contributed by atoms with Crippen molar-refractivity contribution in [3.8, 4) is 0 Å². The SMILES string of the molecule is CCOC(=O)NN=Cc1cccc(C)n1. The van der Waals surface area contributed by atoms with E-state index in [1.165, 1.54) is 6.21 Å². The molecule has 1 heterocycles. The summed E-state index contributed by atoms with van der Waals surface area (Å²) in [6, 6.07) is 5.55. The van der Waals surface area contributed by atoms with Crippen molar-refractivity contribution in [1.29, 1.82) is 0 Å². The van der Waals surface area contributed by atoms with Crippen LogP contribution in [-0.2, 0) is 4.74 Å². The first-order chi connectivity index (χ1) is 7.22. The Hall–Kier alpha value is -1.91. The Balaban J connectivity index is 2.48. The lowest BCUT2D eigenvalue weighted by Gasteiger charge is -1.98. The molecule has 0 saturated heterocycles. The van der Waals surface area contributed by atoms with Gasteiger partial charge in [0.2, 0.25) is 0 Å². The predicted octanol–water partition coefficient (Wildman–Crippen LogP) is 1.47. The van der Waals surface area contributed by atoms with Crippen molar-refractivity contribution in [2.45, 2.75) is 13.8 Å². The molecule has 5 heteroatoms. The average molecular weight is 207 g/mol. The molecule has 1 aromatic rings. The van der Waals surface area contributed by atoms with Crippen LogP contribution in [0.1, 0.15) is 18.3 Å². The molecule has 0 unspecified atom stereocenters. The minimum Gasteiger partial charge on any atom is -0.449 e. The summed E-state index contributed by atoms with van der Waals surface area (Å²) in [5.74, 6) is 0. The number of pyridine rings is 1. The fourth-order valence-electron chi connectivity index (χ4n) is 0.951. The molecule has 1 N–H and O–H groups in total. The fraction of sp³-hybridized carbons (Fsp3) is 0.300. The van der Waals surface area contributed by atoms with E-state index in [4.69, 9.17) is 0 Å². The van der Waals surface area contributed by atoms with Gasteiger partial charge in [0.1, 0.15) is 0 Å². The summed E-state index contributed by atoms with van der Waals surface area (Å²) in [4.78, 5) is 15.0. The second kappa shape index (κ2) is 5.74. The molecule has 1 aromatic heterocycles. The van der Waals surface area contributed by atoms with Crippen LogP contribution in [0, 0.1) is 6.92 Å². The summed E-state index contributed by atoms with van der Waals surface area (Å²) >= 11 is 0. The first-order valence-corrected chi connectivity index (χ1v) is 4.62. The molecule has 0 aliphatic heterocycles. The van der Waals surface area contributed by atoms with Gasteiger partial charge in [-0.25, -0.2) is 10.2 Å². The normalized spacial score (nSPS) is 10.3. The van der Waals surface area contributed by atoms with Crippen molar-refractivity contribution in [3.05, 3.63) is 29.6 Å². The van der Waals surface area contributed by atoms with E-state index < -0.39 is 6.09 Å². The van der Waals surface area contributed by atoms with Crippen LogP contribution < -0.4 is 5.43 Å². The van der Waals surface area contributed by atoms with Crippen LogP contribution in [0.5, 0.6) is 0 Å². The number of carbonyl (C=O) groups is 1. The third-order valence-electron chi connectivity index (χ3n) is 1.54. The van der Waals surface area contributed by atoms with Crippen LogP contribution >= 0.6 is 0 Å². The van der Waals surface area contributed by atoms with Gasteiger partial charge in [-0.1, -0.05) is 6.07 Å². The van der Waals surface area contributed by atoms with Crippen LogP contribution in [0.3, 0.4) is 0 Å². The van der Waals surface area contributed by atoms with Crippen LogP contribution in [-0.4, -0.2) is 23.9 Å². The molecule has 0 fully saturated rings. The highest BCUT2D eigenvalue weighted by molar-refractivity contribution is 5.78. The number of hydrazone groups is 1. The number of amides is 1.